The summed E-state index contributed by atoms with van der Waals surface area (Å²) in [4.78, 5) is 11.7. The molecule has 2 N–H and O–H groups in total. The molecule has 0 aromatic heterocycles. The summed E-state index contributed by atoms with van der Waals surface area (Å²) in [7, 11) is 1.38. The summed E-state index contributed by atoms with van der Waals surface area (Å²) in [6.45, 7) is 3.60. The average molecular weight is 333 g/mol. The van der Waals surface area contributed by atoms with E-state index in [0.717, 1.165) is 9.13 Å². The van der Waals surface area contributed by atoms with Gasteiger partial charge in [-0.05, 0) is 48.1 Å². The van der Waals surface area contributed by atoms with Crippen molar-refractivity contribution in [1.82, 2.24) is 0 Å². The predicted octanol–water partition coefficient (Wildman–Crippen LogP) is 2.49. The van der Waals surface area contributed by atoms with Crippen molar-refractivity contribution in [2.45, 2.75) is 19.9 Å². The van der Waals surface area contributed by atoms with Crippen LogP contribution < -0.4 is 5.73 Å². The molecule has 16 heavy (non-hydrogen) atoms. The van der Waals surface area contributed by atoms with Gasteiger partial charge in [0.25, 0.3) is 0 Å². The first-order chi connectivity index (χ1) is 7.41. The van der Waals surface area contributed by atoms with Crippen LogP contribution in [0.3, 0.4) is 0 Å². The number of rotatable bonds is 3. The normalized spacial score (nSPS) is 13.3. The highest BCUT2D eigenvalue weighted by Crippen LogP contribution is 2.34. The molecule has 0 unspecified atom stereocenters. The molecule has 0 spiro atoms. The molecule has 0 aliphatic carbocycles. The zero-order valence-electron chi connectivity index (χ0n) is 9.66. The number of benzene rings is 1. The summed E-state index contributed by atoms with van der Waals surface area (Å²) in [5, 5.41) is 0. The van der Waals surface area contributed by atoms with Gasteiger partial charge in [0, 0.05) is 9.61 Å². The molecular formula is C12H16INO2. The summed E-state index contributed by atoms with van der Waals surface area (Å²) in [6.07, 6.45) is 0. The maximum Gasteiger partial charge on any atom is 0.313 e. The molecule has 0 aliphatic rings. The van der Waals surface area contributed by atoms with Crippen LogP contribution in [0.15, 0.2) is 24.3 Å². The summed E-state index contributed by atoms with van der Waals surface area (Å²) >= 11 is 2.22. The standard InChI is InChI=1S/C12H16INO2/c1-12(2,11(15)16-3)10(14)8-6-4-5-7-9(8)13/h4-7,10H,14H2,1-3H3/t10-/m1/s1. The first-order valence-corrected chi connectivity index (χ1v) is 6.07. The molecule has 1 aromatic rings. The van der Waals surface area contributed by atoms with E-state index >= 15 is 0 Å². The van der Waals surface area contributed by atoms with Crippen LogP contribution >= 0.6 is 22.6 Å². The van der Waals surface area contributed by atoms with Crippen molar-refractivity contribution in [3.8, 4) is 0 Å². The Balaban J connectivity index is 3.07. The third-order valence-electron chi connectivity index (χ3n) is 2.73. The first kappa shape index (κ1) is 13.4. The van der Waals surface area contributed by atoms with Gasteiger partial charge in [0.05, 0.1) is 12.5 Å². The first-order valence-electron chi connectivity index (χ1n) is 4.99. The second-order valence-corrected chi connectivity index (χ2v) is 5.37. The highest BCUT2D eigenvalue weighted by Gasteiger charge is 2.37. The van der Waals surface area contributed by atoms with Crippen LogP contribution in [0.5, 0.6) is 0 Å². The van der Waals surface area contributed by atoms with Gasteiger partial charge >= 0.3 is 5.97 Å². The van der Waals surface area contributed by atoms with Crippen molar-refractivity contribution >= 4 is 28.6 Å². The van der Waals surface area contributed by atoms with Gasteiger partial charge in [-0.2, -0.15) is 0 Å². The van der Waals surface area contributed by atoms with Gasteiger partial charge in [0.1, 0.15) is 0 Å². The Hall–Kier alpha value is -0.620. The molecule has 1 atom stereocenters. The second-order valence-electron chi connectivity index (χ2n) is 4.21. The van der Waals surface area contributed by atoms with Gasteiger partial charge in [0.15, 0.2) is 0 Å². The van der Waals surface area contributed by atoms with Crippen molar-refractivity contribution in [2.24, 2.45) is 11.1 Å². The maximum absolute atomic E-state index is 11.7. The predicted molar refractivity (Wildman–Crippen MR) is 71.9 cm³/mol. The molecule has 1 rings (SSSR count). The molecule has 0 bridgehead atoms. The molecule has 0 saturated carbocycles. The molecule has 0 amide bonds. The van der Waals surface area contributed by atoms with E-state index in [1.54, 1.807) is 13.8 Å². The van der Waals surface area contributed by atoms with Crippen molar-refractivity contribution in [2.75, 3.05) is 7.11 Å². The monoisotopic (exact) mass is 333 g/mol. The van der Waals surface area contributed by atoms with Gasteiger partial charge < -0.3 is 10.5 Å². The zero-order chi connectivity index (χ0) is 12.3. The minimum Gasteiger partial charge on any atom is -0.469 e. The fourth-order valence-electron chi connectivity index (χ4n) is 1.51. The average Bonchev–Trinajstić information content (AvgIpc) is 2.27. The van der Waals surface area contributed by atoms with Crippen molar-refractivity contribution < 1.29 is 9.53 Å². The minimum atomic E-state index is -0.726. The fourth-order valence-corrected chi connectivity index (χ4v) is 2.23. The summed E-state index contributed by atoms with van der Waals surface area (Å²) in [5.41, 5.74) is 6.39. The third kappa shape index (κ3) is 2.55. The summed E-state index contributed by atoms with van der Waals surface area (Å²) < 4.78 is 5.84. The minimum absolute atomic E-state index is 0.292. The topological polar surface area (TPSA) is 52.3 Å². The molecule has 0 aliphatic heterocycles. The van der Waals surface area contributed by atoms with Gasteiger partial charge in [0.2, 0.25) is 0 Å². The Morgan fingerprint density at radius 2 is 2.00 bits per heavy atom. The smallest absolute Gasteiger partial charge is 0.313 e. The second kappa shape index (κ2) is 5.14. The third-order valence-corrected chi connectivity index (χ3v) is 3.71. The van der Waals surface area contributed by atoms with Crippen LogP contribution in [0.25, 0.3) is 0 Å². The Morgan fingerprint density at radius 1 is 1.44 bits per heavy atom. The Bertz CT molecular complexity index is 390. The molecule has 0 heterocycles. The molecule has 0 radical (unpaired) electrons. The number of nitrogens with two attached hydrogens (primary N) is 1. The number of esters is 1. The van der Waals surface area contributed by atoms with Crippen LogP contribution in [0.2, 0.25) is 0 Å². The maximum atomic E-state index is 11.7. The van der Waals surface area contributed by atoms with Crippen LogP contribution in [0.4, 0.5) is 0 Å². The zero-order valence-corrected chi connectivity index (χ0v) is 11.8. The van der Waals surface area contributed by atoms with Gasteiger partial charge in [-0.25, -0.2) is 0 Å². The van der Waals surface area contributed by atoms with Crippen LogP contribution in [0.1, 0.15) is 25.5 Å². The lowest BCUT2D eigenvalue weighted by molar-refractivity contribution is -0.152. The molecule has 0 fully saturated rings. The van der Waals surface area contributed by atoms with E-state index in [1.807, 2.05) is 24.3 Å². The summed E-state index contributed by atoms with van der Waals surface area (Å²) in [5.74, 6) is -0.292. The number of halogens is 1. The molecular weight excluding hydrogens is 317 g/mol. The Labute approximate surface area is 109 Å². The van der Waals surface area contributed by atoms with Crippen molar-refractivity contribution in [1.29, 1.82) is 0 Å². The van der Waals surface area contributed by atoms with Crippen LogP contribution in [-0.4, -0.2) is 13.1 Å². The number of methoxy groups -OCH3 is 1. The van der Waals surface area contributed by atoms with E-state index in [-0.39, 0.29) is 12.0 Å². The van der Waals surface area contributed by atoms with E-state index in [1.165, 1.54) is 7.11 Å². The fraction of sp³-hybridized carbons (Fsp3) is 0.417. The van der Waals surface area contributed by atoms with E-state index in [9.17, 15) is 4.79 Å². The number of carbonyl (C=O) groups is 1. The van der Waals surface area contributed by atoms with Crippen molar-refractivity contribution in [3.63, 3.8) is 0 Å². The van der Waals surface area contributed by atoms with E-state index in [0.29, 0.717) is 0 Å². The highest BCUT2D eigenvalue weighted by molar-refractivity contribution is 14.1. The van der Waals surface area contributed by atoms with E-state index < -0.39 is 5.41 Å². The number of hydrogen-bond acceptors (Lipinski definition) is 3. The molecule has 0 saturated heterocycles. The lowest BCUT2D eigenvalue weighted by atomic mass is 9.81. The summed E-state index contributed by atoms with van der Waals surface area (Å²) in [6, 6.07) is 7.42. The quantitative estimate of drug-likeness (QED) is 0.683. The van der Waals surface area contributed by atoms with Gasteiger partial charge in [-0.3, -0.25) is 4.79 Å². The van der Waals surface area contributed by atoms with Crippen LogP contribution in [0, 0.1) is 8.99 Å². The highest BCUT2D eigenvalue weighted by atomic mass is 127. The Kier molecular flexibility index (Phi) is 4.32. The molecule has 3 nitrogen and oxygen atoms in total. The lowest BCUT2D eigenvalue weighted by Gasteiger charge is -2.29. The number of carbonyl (C=O) groups excluding carboxylic acids is 1. The van der Waals surface area contributed by atoms with Crippen molar-refractivity contribution in [3.05, 3.63) is 33.4 Å². The SMILES string of the molecule is COC(=O)C(C)(C)[C@H](N)c1ccccc1I. The molecule has 4 heteroatoms. The number of hydrogen-bond donors (Lipinski definition) is 1. The lowest BCUT2D eigenvalue weighted by Crippen LogP contribution is -2.37. The van der Waals surface area contributed by atoms with Gasteiger partial charge in [-0.15, -0.1) is 0 Å². The molecule has 88 valence electrons. The van der Waals surface area contributed by atoms with Gasteiger partial charge in [-0.1, -0.05) is 18.2 Å². The number of ether oxygens (including phenoxy) is 1. The van der Waals surface area contributed by atoms with Crippen LogP contribution in [-0.2, 0) is 9.53 Å². The van der Waals surface area contributed by atoms with E-state index in [2.05, 4.69) is 22.6 Å². The Morgan fingerprint density at radius 3 is 2.50 bits per heavy atom. The van der Waals surface area contributed by atoms with E-state index in [4.69, 9.17) is 10.5 Å². The molecule has 1 aromatic carbocycles. The largest absolute Gasteiger partial charge is 0.469 e.